The van der Waals surface area contributed by atoms with Gasteiger partial charge in [0.15, 0.2) is 0 Å². The summed E-state index contributed by atoms with van der Waals surface area (Å²) in [6.45, 7) is 1.77. The molecule has 1 aromatic carbocycles. The summed E-state index contributed by atoms with van der Waals surface area (Å²) in [4.78, 5) is 11.4. The summed E-state index contributed by atoms with van der Waals surface area (Å²) in [6.07, 6.45) is -0.105. The molecule has 0 radical (unpaired) electrons. The molecule has 5 heteroatoms. The van der Waals surface area contributed by atoms with E-state index in [2.05, 4.69) is 4.74 Å². The van der Waals surface area contributed by atoms with E-state index in [1.165, 1.54) is 0 Å². The fraction of sp³-hybridized carbons (Fsp3) is 0.357. The van der Waals surface area contributed by atoms with Gasteiger partial charge in [-0.05, 0) is 18.6 Å². The number of alkyl halides is 1. The minimum Gasteiger partial charge on any atom is -0.464 e. The van der Waals surface area contributed by atoms with Gasteiger partial charge in [-0.1, -0.05) is 18.2 Å². The summed E-state index contributed by atoms with van der Waals surface area (Å²) in [5, 5.41) is 0.851. The number of halogens is 1. The predicted molar refractivity (Wildman–Crippen MR) is 71.4 cm³/mol. The summed E-state index contributed by atoms with van der Waals surface area (Å²) in [5.74, 6) is -0.914. The number of para-hydroxylation sites is 1. The Morgan fingerprint density at radius 3 is 2.84 bits per heavy atom. The Morgan fingerprint density at radius 2 is 2.16 bits per heavy atom. The first-order chi connectivity index (χ1) is 9.06. The molecule has 2 atom stereocenters. The molecule has 0 amide bonds. The molecular formula is C14H17FN2O2. The Balaban J connectivity index is 2.36. The molecule has 0 bridgehead atoms. The quantitative estimate of drug-likeness (QED) is 0.860. The lowest BCUT2D eigenvalue weighted by molar-refractivity contribution is -0.149. The third-order valence-electron chi connectivity index (χ3n) is 3.11. The van der Waals surface area contributed by atoms with Crippen molar-refractivity contribution in [1.82, 2.24) is 4.57 Å². The average Bonchev–Trinajstić information content (AvgIpc) is 2.75. The number of carbonyl (C=O) groups is 1. The fourth-order valence-electron chi connectivity index (χ4n) is 2.16. The molecule has 0 aliphatic heterocycles. The maximum Gasteiger partial charge on any atom is 0.342 e. The molecule has 2 aromatic rings. The first kappa shape index (κ1) is 13.5. The Kier molecular flexibility index (Phi) is 3.85. The van der Waals surface area contributed by atoms with Crippen molar-refractivity contribution in [2.24, 2.45) is 12.8 Å². The number of hydrogen-bond donors (Lipinski definition) is 1. The van der Waals surface area contributed by atoms with Gasteiger partial charge in [0.2, 0.25) is 6.17 Å². The number of ether oxygens (including phenoxy) is 1. The summed E-state index contributed by atoms with van der Waals surface area (Å²) in [5.41, 5.74) is 7.42. The van der Waals surface area contributed by atoms with Crippen molar-refractivity contribution in [2.75, 3.05) is 6.61 Å². The van der Waals surface area contributed by atoms with Crippen LogP contribution in [0.15, 0.2) is 30.5 Å². The smallest absolute Gasteiger partial charge is 0.342 e. The van der Waals surface area contributed by atoms with E-state index in [1.807, 2.05) is 35.9 Å². The molecule has 0 aliphatic carbocycles. The summed E-state index contributed by atoms with van der Waals surface area (Å²) in [6, 6.07) is 6.52. The molecule has 1 aromatic heterocycles. The number of aromatic nitrogens is 1. The van der Waals surface area contributed by atoms with E-state index in [-0.39, 0.29) is 6.61 Å². The number of esters is 1. The van der Waals surface area contributed by atoms with Gasteiger partial charge in [0, 0.05) is 24.1 Å². The van der Waals surface area contributed by atoms with E-state index in [1.54, 1.807) is 13.1 Å². The zero-order valence-electron chi connectivity index (χ0n) is 11.0. The number of nitrogens with two attached hydrogens (primary N) is 1. The number of nitrogens with zero attached hydrogens (tertiary/aromatic N) is 1. The van der Waals surface area contributed by atoms with Crippen molar-refractivity contribution in [3.63, 3.8) is 0 Å². The van der Waals surface area contributed by atoms with Crippen molar-refractivity contribution >= 4 is 16.9 Å². The van der Waals surface area contributed by atoms with Gasteiger partial charge < -0.3 is 15.0 Å². The number of carbonyl (C=O) groups excluding carboxylic acids is 1. The number of aryl methyl sites for hydroxylation is 1. The van der Waals surface area contributed by atoms with E-state index < -0.39 is 18.2 Å². The molecular weight excluding hydrogens is 247 g/mol. The van der Waals surface area contributed by atoms with Crippen LogP contribution in [-0.2, 0) is 16.6 Å². The Hall–Kier alpha value is -1.88. The van der Waals surface area contributed by atoms with E-state index in [4.69, 9.17) is 5.73 Å². The molecule has 4 nitrogen and oxygen atoms in total. The standard InChI is InChI=1S/C14H17FN2O2/c1-3-19-14(18)12(15)13(16)10-8-17(2)11-7-5-4-6-9(10)11/h4-8,12-13H,3,16H2,1-2H3/t12?,13-/m0/s1. The van der Waals surface area contributed by atoms with Crippen LogP contribution in [0, 0.1) is 0 Å². The van der Waals surface area contributed by atoms with Crippen molar-refractivity contribution in [2.45, 2.75) is 19.1 Å². The monoisotopic (exact) mass is 264 g/mol. The van der Waals surface area contributed by atoms with Gasteiger partial charge >= 0.3 is 5.97 Å². The van der Waals surface area contributed by atoms with Gasteiger partial charge in [-0.25, -0.2) is 9.18 Å². The van der Waals surface area contributed by atoms with Gasteiger partial charge in [0.25, 0.3) is 0 Å². The van der Waals surface area contributed by atoms with Crippen molar-refractivity contribution in [3.05, 3.63) is 36.0 Å². The maximum absolute atomic E-state index is 14.0. The molecule has 0 saturated carbocycles. The van der Waals surface area contributed by atoms with Gasteiger partial charge in [-0.15, -0.1) is 0 Å². The Labute approximate surface area is 111 Å². The van der Waals surface area contributed by atoms with Crippen LogP contribution in [0.5, 0.6) is 0 Å². The third-order valence-corrected chi connectivity index (χ3v) is 3.11. The van der Waals surface area contributed by atoms with E-state index in [0.717, 1.165) is 10.9 Å². The van der Waals surface area contributed by atoms with Crippen LogP contribution in [-0.4, -0.2) is 23.3 Å². The Bertz CT molecular complexity index is 594. The topological polar surface area (TPSA) is 57.2 Å². The van der Waals surface area contributed by atoms with Crippen molar-refractivity contribution in [3.8, 4) is 0 Å². The second-order valence-electron chi connectivity index (χ2n) is 4.39. The van der Waals surface area contributed by atoms with Gasteiger partial charge in [0.1, 0.15) is 0 Å². The number of fused-ring (bicyclic) bond motifs is 1. The van der Waals surface area contributed by atoms with Crippen LogP contribution in [0.25, 0.3) is 10.9 Å². The minimum atomic E-state index is -1.86. The van der Waals surface area contributed by atoms with Crippen LogP contribution < -0.4 is 5.73 Å². The first-order valence-corrected chi connectivity index (χ1v) is 6.16. The predicted octanol–water partition coefficient (Wildman–Crippen LogP) is 2.08. The minimum absolute atomic E-state index is 0.140. The SMILES string of the molecule is CCOC(=O)C(F)[C@@H](N)c1cn(C)c2ccccc12. The molecule has 19 heavy (non-hydrogen) atoms. The highest BCUT2D eigenvalue weighted by Crippen LogP contribution is 2.27. The number of hydrogen-bond acceptors (Lipinski definition) is 3. The van der Waals surface area contributed by atoms with Crippen LogP contribution in [0.4, 0.5) is 4.39 Å². The summed E-state index contributed by atoms with van der Waals surface area (Å²) >= 11 is 0. The molecule has 2 N–H and O–H groups in total. The van der Waals surface area contributed by atoms with Crippen LogP contribution in [0.3, 0.4) is 0 Å². The highest BCUT2D eigenvalue weighted by molar-refractivity contribution is 5.86. The molecule has 1 heterocycles. The number of rotatable bonds is 4. The largest absolute Gasteiger partial charge is 0.464 e. The molecule has 0 fully saturated rings. The lowest BCUT2D eigenvalue weighted by Gasteiger charge is -2.14. The molecule has 2 rings (SSSR count). The molecule has 0 aliphatic rings. The third kappa shape index (κ3) is 2.46. The van der Waals surface area contributed by atoms with Gasteiger partial charge in [0.05, 0.1) is 12.6 Å². The Morgan fingerprint density at radius 1 is 1.47 bits per heavy atom. The lowest BCUT2D eigenvalue weighted by atomic mass is 10.0. The van der Waals surface area contributed by atoms with E-state index in [9.17, 15) is 9.18 Å². The fourth-order valence-corrected chi connectivity index (χ4v) is 2.16. The zero-order valence-corrected chi connectivity index (χ0v) is 11.0. The summed E-state index contributed by atoms with van der Waals surface area (Å²) < 4.78 is 20.5. The number of benzene rings is 1. The molecule has 0 saturated heterocycles. The highest BCUT2D eigenvalue weighted by Gasteiger charge is 2.29. The summed E-state index contributed by atoms with van der Waals surface area (Å²) in [7, 11) is 1.86. The van der Waals surface area contributed by atoms with Crippen molar-refractivity contribution < 1.29 is 13.9 Å². The normalized spacial score (nSPS) is 14.3. The van der Waals surface area contributed by atoms with Crippen LogP contribution >= 0.6 is 0 Å². The van der Waals surface area contributed by atoms with Crippen molar-refractivity contribution in [1.29, 1.82) is 0 Å². The van der Waals surface area contributed by atoms with E-state index >= 15 is 0 Å². The second kappa shape index (κ2) is 5.40. The van der Waals surface area contributed by atoms with Crippen LogP contribution in [0.1, 0.15) is 18.5 Å². The average molecular weight is 264 g/mol. The maximum atomic E-state index is 14.0. The molecule has 102 valence electrons. The second-order valence-corrected chi connectivity index (χ2v) is 4.39. The van der Waals surface area contributed by atoms with Crippen LogP contribution in [0.2, 0.25) is 0 Å². The first-order valence-electron chi connectivity index (χ1n) is 6.16. The molecule has 1 unspecified atom stereocenters. The van der Waals surface area contributed by atoms with E-state index in [0.29, 0.717) is 5.56 Å². The van der Waals surface area contributed by atoms with Gasteiger partial charge in [-0.2, -0.15) is 0 Å². The zero-order chi connectivity index (χ0) is 14.0. The molecule has 0 spiro atoms. The lowest BCUT2D eigenvalue weighted by Crippen LogP contribution is -2.31. The highest BCUT2D eigenvalue weighted by atomic mass is 19.1. The van der Waals surface area contributed by atoms with Gasteiger partial charge in [-0.3, -0.25) is 0 Å².